The van der Waals surface area contributed by atoms with Gasteiger partial charge in [-0.15, -0.1) is 11.3 Å². The van der Waals surface area contributed by atoms with E-state index in [4.69, 9.17) is 0 Å². The van der Waals surface area contributed by atoms with Crippen LogP contribution in [0, 0.1) is 0 Å². The zero-order valence-electron chi connectivity index (χ0n) is 15.0. The number of carbonyl (C=O) groups is 2. The molecule has 1 unspecified atom stereocenters. The van der Waals surface area contributed by atoms with Crippen molar-refractivity contribution in [3.63, 3.8) is 0 Å². The highest BCUT2D eigenvalue weighted by molar-refractivity contribution is 7.20. The third kappa shape index (κ3) is 3.77. The lowest BCUT2D eigenvalue weighted by atomic mass is 10.2. The minimum atomic E-state index is -0.477. The summed E-state index contributed by atoms with van der Waals surface area (Å²) in [6.45, 7) is 1.74. The number of benzene rings is 2. The van der Waals surface area contributed by atoms with Crippen molar-refractivity contribution in [3.05, 3.63) is 72.1 Å². The Labute approximate surface area is 165 Å². The quantitative estimate of drug-likeness (QED) is 0.539. The van der Waals surface area contributed by atoms with E-state index in [1.165, 1.54) is 28.7 Å². The SMILES string of the molecule is CC(C(=O)Nc1ccc(NC(=O)c2cc3ccccc3s2)cc1)n1cncn1. The summed E-state index contributed by atoms with van der Waals surface area (Å²) in [4.78, 5) is 29.3. The van der Waals surface area contributed by atoms with E-state index in [1.807, 2.05) is 30.3 Å². The highest BCUT2D eigenvalue weighted by Crippen LogP contribution is 2.26. The number of fused-ring (bicyclic) bond motifs is 1. The predicted octanol–water partition coefficient (Wildman–Crippen LogP) is 3.94. The minimum Gasteiger partial charge on any atom is -0.324 e. The Bertz CT molecular complexity index is 1090. The van der Waals surface area contributed by atoms with Gasteiger partial charge < -0.3 is 10.6 Å². The van der Waals surface area contributed by atoms with Gasteiger partial charge in [0.25, 0.3) is 5.91 Å². The van der Waals surface area contributed by atoms with Gasteiger partial charge in [0.1, 0.15) is 18.7 Å². The van der Waals surface area contributed by atoms with Gasteiger partial charge in [0.15, 0.2) is 0 Å². The topological polar surface area (TPSA) is 88.9 Å². The average Bonchev–Trinajstić information content (AvgIpc) is 3.38. The fourth-order valence-electron chi connectivity index (χ4n) is 2.71. The molecule has 0 spiro atoms. The van der Waals surface area contributed by atoms with Gasteiger partial charge in [-0.25, -0.2) is 9.67 Å². The van der Waals surface area contributed by atoms with Crippen molar-refractivity contribution in [2.45, 2.75) is 13.0 Å². The third-order valence-corrected chi connectivity index (χ3v) is 5.39. The number of anilines is 2. The molecule has 0 bridgehead atoms. The second kappa shape index (κ2) is 7.61. The number of nitrogens with zero attached hydrogens (tertiary/aromatic N) is 3. The molecule has 2 heterocycles. The highest BCUT2D eigenvalue weighted by Gasteiger charge is 2.15. The molecule has 1 atom stereocenters. The molecule has 2 N–H and O–H groups in total. The van der Waals surface area contributed by atoms with Crippen LogP contribution in [0.2, 0.25) is 0 Å². The van der Waals surface area contributed by atoms with Crippen molar-refractivity contribution in [3.8, 4) is 0 Å². The number of carbonyl (C=O) groups excluding carboxylic acids is 2. The van der Waals surface area contributed by atoms with Crippen LogP contribution < -0.4 is 10.6 Å². The molecule has 0 saturated heterocycles. The van der Waals surface area contributed by atoms with Crippen LogP contribution in [0.3, 0.4) is 0 Å². The second-order valence-corrected chi connectivity index (χ2v) is 7.30. The number of thiophene rings is 1. The Balaban J connectivity index is 1.40. The van der Waals surface area contributed by atoms with Crippen molar-refractivity contribution in [1.29, 1.82) is 0 Å². The smallest absolute Gasteiger partial charge is 0.265 e. The third-order valence-electron chi connectivity index (χ3n) is 4.27. The van der Waals surface area contributed by atoms with Gasteiger partial charge in [0, 0.05) is 16.1 Å². The molecule has 0 saturated carbocycles. The normalized spacial score (nSPS) is 11.9. The summed E-state index contributed by atoms with van der Waals surface area (Å²) in [5.74, 6) is -0.356. The molecule has 28 heavy (non-hydrogen) atoms. The summed E-state index contributed by atoms with van der Waals surface area (Å²) in [5.41, 5.74) is 1.29. The minimum absolute atomic E-state index is 0.155. The summed E-state index contributed by atoms with van der Waals surface area (Å²) in [7, 11) is 0. The van der Waals surface area contributed by atoms with Crippen molar-refractivity contribution >= 4 is 44.6 Å². The maximum Gasteiger partial charge on any atom is 0.265 e. The fraction of sp³-hybridized carbons (Fsp3) is 0.100. The number of rotatable bonds is 5. The fourth-order valence-corrected chi connectivity index (χ4v) is 3.67. The van der Waals surface area contributed by atoms with Crippen LogP contribution in [0.5, 0.6) is 0 Å². The van der Waals surface area contributed by atoms with Gasteiger partial charge in [-0.3, -0.25) is 9.59 Å². The molecule has 7 nitrogen and oxygen atoms in total. The molecule has 0 aliphatic carbocycles. The Morgan fingerprint density at radius 3 is 2.43 bits per heavy atom. The van der Waals surface area contributed by atoms with E-state index in [1.54, 1.807) is 31.2 Å². The Hall–Kier alpha value is -3.52. The molecular weight excluding hydrogens is 374 g/mol. The summed E-state index contributed by atoms with van der Waals surface area (Å²) in [6.07, 6.45) is 2.88. The van der Waals surface area contributed by atoms with Gasteiger partial charge in [-0.1, -0.05) is 18.2 Å². The first-order chi connectivity index (χ1) is 13.6. The molecule has 2 aromatic heterocycles. The monoisotopic (exact) mass is 391 g/mol. The number of aromatic nitrogens is 3. The van der Waals surface area contributed by atoms with E-state index in [2.05, 4.69) is 20.7 Å². The van der Waals surface area contributed by atoms with Crippen molar-refractivity contribution < 1.29 is 9.59 Å². The van der Waals surface area contributed by atoms with Gasteiger partial charge >= 0.3 is 0 Å². The molecule has 2 aromatic carbocycles. The van der Waals surface area contributed by atoms with E-state index in [9.17, 15) is 9.59 Å². The van der Waals surface area contributed by atoms with Crippen LogP contribution in [-0.4, -0.2) is 26.6 Å². The first-order valence-corrected chi connectivity index (χ1v) is 9.47. The molecule has 0 aliphatic heterocycles. The summed E-state index contributed by atoms with van der Waals surface area (Å²) >= 11 is 1.46. The molecule has 140 valence electrons. The lowest BCUT2D eigenvalue weighted by molar-refractivity contribution is -0.119. The number of amides is 2. The van der Waals surface area contributed by atoms with Crippen LogP contribution in [0.1, 0.15) is 22.6 Å². The van der Waals surface area contributed by atoms with E-state index < -0.39 is 6.04 Å². The maximum absolute atomic E-state index is 12.5. The standard InChI is InChI=1S/C20H17N5O2S/c1-13(25-12-21-11-22-25)19(26)23-15-6-8-16(9-7-15)24-20(27)18-10-14-4-2-3-5-17(14)28-18/h2-13H,1H3,(H,23,26)(H,24,27). The van der Waals surface area contributed by atoms with Gasteiger partial charge in [-0.05, 0) is 48.7 Å². The van der Waals surface area contributed by atoms with Crippen LogP contribution in [0.15, 0.2) is 67.3 Å². The summed E-state index contributed by atoms with van der Waals surface area (Å²) in [5, 5.41) is 10.7. The molecular formula is C20H17N5O2S. The predicted molar refractivity (Wildman–Crippen MR) is 110 cm³/mol. The van der Waals surface area contributed by atoms with E-state index in [-0.39, 0.29) is 11.8 Å². The van der Waals surface area contributed by atoms with E-state index >= 15 is 0 Å². The zero-order chi connectivity index (χ0) is 19.5. The molecule has 2 amide bonds. The summed E-state index contributed by atoms with van der Waals surface area (Å²) in [6, 6.07) is 16.3. The zero-order valence-corrected chi connectivity index (χ0v) is 15.8. The van der Waals surface area contributed by atoms with E-state index in [0.717, 1.165) is 10.1 Å². The molecule has 4 aromatic rings. The van der Waals surface area contributed by atoms with E-state index in [0.29, 0.717) is 16.3 Å². The lowest BCUT2D eigenvalue weighted by Crippen LogP contribution is -2.24. The van der Waals surface area contributed by atoms with Crippen molar-refractivity contribution in [2.75, 3.05) is 10.6 Å². The molecule has 0 fully saturated rings. The Kier molecular flexibility index (Phi) is 4.86. The molecule has 4 rings (SSSR count). The van der Waals surface area contributed by atoms with Crippen LogP contribution in [0.25, 0.3) is 10.1 Å². The summed E-state index contributed by atoms with van der Waals surface area (Å²) < 4.78 is 2.56. The van der Waals surface area contributed by atoms with Crippen molar-refractivity contribution in [1.82, 2.24) is 14.8 Å². The van der Waals surface area contributed by atoms with Gasteiger partial charge in [0.2, 0.25) is 5.91 Å². The molecule has 8 heteroatoms. The van der Waals surface area contributed by atoms with Crippen LogP contribution >= 0.6 is 11.3 Å². The second-order valence-electron chi connectivity index (χ2n) is 6.22. The number of nitrogens with one attached hydrogen (secondary N) is 2. The van der Waals surface area contributed by atoms with Crippen LogP contribution in [0.4, 0.5) is 11.4 Å². The van der Waals surface area contributed by atoms with Crippen molar-refractivity contribution in [2.24, 2.45) is 0 Å². The highest BCUT2D eigenvalue weighted by atomic mass is 32.1. The lowest BCUT2D eigenvalue weighted by Gasteiger charge is -2.12. The Morgan fingerprint density at radius 2 is 1.75 bits per heavy atom. The first-order valence-electron chi connectivity index (χ1n) is 8.65. The molecule has 0 radical (unpaired) electrons. The number of hydrogen-bond acceptors (Lipinski definition) is 5. The first kappa shape index (κ1) is 17.9. The van der Waals surface area contributed by atoms with Crippen LogP contribution in [-0.2, 0) is 4.79 Å². The Morgan fingerprint density at radius 1 is 1.04 bits per heavy atom. The number of hydrogen-bond donors (Lipinski definition) is 2. The largest absolute Gasteiger partial charge is 0.324 e. The van der Waals surface area contributed by atoms with Gasteiger partial charge in [0.05, 0.1) is 4.88 Å². The molecule has 0 aliphatic rings. The van der Waals surface area contributed by atoms with Gasteiger partial charge in [-0.2, -0.15) is 5.10 Å². The maximum atomic E-state index is 12.5. The average molecular weight is 391 g/mol.